The molecule has 0 atom stereocenters. The fourth-order valence-electron chi connectivity index (χ4n) is 3.00. The molecule has 0 unspecified atom stereocenters. The first-order valence-electron chi connectivity index (χ1n) is 8.87. The van der Waals surface area contributed by atoms with Gasteiger partial charge in [-0.15, -0.1) is 0 Å². The highest BCUT2D eigenvalue weighted by molar-refractivity contribution is 7.93. The minimum absolute atomic E-state index is 0.0280. The number of hydrogen-bond donors (Lipinski definition) is 2. The second-order valence-electron chi connectivity index (χ2n) is 6.83. The molecule has 0 radical (unpaired) electrons. The van der Waals surface area contributed by atoms with Crippen molar-refractivity contribution >= 4 is 31.7 Å². The van der Waals surface area contributed by atoms with Crippen molar-refractivity contribution in [1.82, 2.24) is 19.7 Å². The van der Waals surface area contributed by atoms with E-state index in [0.29, 0.717) is 22.8 Å². The highest BCUT2D eigenvalue weighted by Gasteiger charge is 2.24. The number of aryl methyl sites for hydroxylation is 4. The number of benzene rings is 1. The van der Waals surface area contributed by atoms with Gasteiger partial charge in [0.25, 0.3) is 20.0 Å². The van der Waals surface area contributed by atoms with Crippen molar-refractivity contribution in [3.8, 4) is 0 Å². The molecule has 0 spiro atoms. The summed E-state index contributed by atoms with van der Waals surface area (Å²) in [6, 6.07) is 7.06. The molecule has 30 heavy (non-hydrogen) atoms. The molecule has 0 bridgehead atoms. The SMILES string of the molecule is Cc1cc(C)nc(NS(=O)(=O)c2ccc(NS(=O)(=O)c3c(C)nn(C)c3C)cc2)n1. The highest BCUT2D eigenvalue weighted by atomic mass is 32.2. The maximum atomic E-state index is 12.7. The zero-order valence-corrected chi connectivity index (χ0v) is 18.8. The van der Waals surface area contributed by atoms with Crippen LogP contribution in [0.15, 0.2) is 40.1 Å². The number of anilines is 2. The molecule has 1 aromatic carbocycles. The van der Waals surface area contributed by atoms with Crippen molar-refractivity contribution in [2.24, 2.45) is 7.05 Å². The van der Waals surface area contributed by atoms with Gasteiger partial charge in [-0.2, -0.15) is 5.10 Å². The van der Waals surface area contributed by atoms with Crippen LogP contribution in [0.3, 0.4) is 0 Å². The topological polar surface area (TPSA) is 136 Å². The third kappa shape index (κ3) is 4.44. The van der Waals surface area contributed by atoms with Crippen LogP contribution in [0.4, 0.5) is 11.6 Å². The lowest BCUT2D eigenvalue weighted by Crippen LogP contribution is -2.17. The molecule has 12 heteroatoms. The molecule has 0 fully saturated rings. The maximum Gasteiger partial charge on any atom is 0.265 e. The first kappa shape index (κ1) is 21.7. The summed E-state index contributed by atoms with van der Waals surface area (Å²) in [7, 11) is -6.15. The quantitative estimate of drug-likeness (QED) is 0.586. The Morgan fingerprint density at radius 1 is 0.833 bits per heavy atom. The van der Waals surface area contributed by atoms with Crippen LogP contribution in [0.25, 0.3) is 0 Å². The Morgan fingerprint density at radius 2 is 1.40 bits per heavy atom. The lowest BCUT2D eigenvalue weighted by atomic mass is 10.3. The third-order valence-corrected chi connectivity index (χ3v) is 7.31. The van der Waals surface area contributed by atoms with Crippen molar-refractivity contribution in [1.29, 1.82) is 0 Å². The van der Waals surface area contributed by atoms with Crippen molar-refractivity contribution < 1.29 is 16.8 Å². The zero-order chi connectivity index (χ0) is 22.3. The average Bonchev–Trinajstić information content (AvgIpc) is 2.86. The van der Waals surface area contributed by atoms with Crippen molar-refractivity contribution in [2.45, 2.75) is 37.5 Å². The molecule has 3 aromatic rings. The number of aromatic nitrogens is 4. The predicted octanol–water partition coefficient (Wildman–Crippen LogP) is 2.05. The normalized spacial score (nSPS) is 12.0. The van der Waals surface area contributed by atoms with E-state index in [1.165, 1.54) is 28.9 Å². The molecule has 0 aliphatic carbocycles. The molecule has 0 saturated heterocycles. The first-order chi connectivity index (χ1) is 13.9. The van der Waals surface area contributed by atoms with Gasteiger partial charge in [0, 0.05) is 24.1 Å². The Morgan fingerprint density at radius 3 is 1.90 bits per heavy atom. The van der Waals surface area contributed by atoms with Crippen LogP contribution in [0.1, 0.15) is 22.8 Å². The first-order valence-corrected chi connectivity index (χ1v) is 11.8. The molecular weight excluding hydrogens is 428 g/mol. The van der Waals surface area contributed by atoms with E-state index >= 15 is 0 Å². The maximum absolute atomic E-state index is 12.7. The van der Waals surface area contributed by atoms with Crippen LogP contribution in [0, 0.1) is 27.7 Å². The largest absolute Gasteiger partial charge is 0.280 e. The van der Waals surface area contributed by atoms with E-state index in [0.717, 1.165) is 0 Å². The van der Waals surface area contributed by atoms with E-state index in [9.17, 15) is 16.8 Å². The van der Waals surface area contributed by atoms with Crippen LogP contribution >= 0.6 is 0 Å². The highest BCUT2D eigenvalue weighted by Crippen LogP contribution is 2.23. The van der Waals surface area contributed by atoms with Gasteiger partial charge in [-0.05, 0) is 58.0 Å². The van der Waals surface area contributed by atoms with Crippen LogP contribution in [0.2, 0.25) is 0 Å². The van der Waals surface area contributed by atoms with E-state index in [-0.39, 0.29) is 21.4 Å². The standard InChI is InChI=1S/C18H22N6O4S2/c1-11-10-12(2)20-18(19-11)23-29(25,26)16-8-6-15(7-9-16)22-30(27,28)17-13(3)21-24(5)14(17)4/h6-10,22H,1-5H3,(H,19,20,23). The fourth-order valence-corrected chi connectivity index (χ4v) is 5.45. The second kappa shape index (κ2) is 7.69. The third-order valence-electron chi connectivity index (χ3n) is 4.34. The van der Waals surface area contributed by atoms with Gasteiger partial charge >= 0.3 is 0 Å². The molecule has 10 nitrogen and oxygen atoms in total. The summed E-state index contributed by atoms with van der Waals surface area (Å²) in [6.07, 6.45) is 0. The lowest BCUT2D eigenvalue weighted by Gasteiger charge is -2.10. The van der Waals surface area contributed by atoms with E-state index in [4.69, 9.17) is 0 Å². The van der Waals surface area contributed by atoms with Gasteiger partial charge in [-0.1, -0.05) is 0 Å². The molecule has 2 N–H and O–H groups in total. The van der Waals surface area contributed by atoms with Gasteiger partial charge in [0.1, 0.15) is 4.90 Å². The molecule has 0 aliphatic heterocycles. The summed E-state index contributed by atoms with van der Waals surface area (Å²) >= 11 is 0. The Hall–Kier alpha value is -2.99. The van der Waals surface area contributed by atoms with Gasteiger partial charge in [-0.25, -0.2) is 31.5 Å². The summed E-state index contributed by atoms with van der Waals surface area (Å²) in [4.78, 5) is 8.16. The van der Waals surface area contributed by atoms with Crippen molar-refractivity contribution in [3.05, 3.63) is 53.1 Å². The summed E-state index contributed by atoms with van der Waals surface area (Å²) in [5.41, 5.74) is 2.35. The summed E-state index contributed by atoms with van der Waals surface area (Å²) in [5.74, 6) is -0.0280. The van der Waals surface area contributed by atoms with Gasteiger partial charge in [0.05, 0.1) is 16.3 Å². The number of nitrogens with zero attached hydrogens (tertiary/aromatic N) is 4. The van der Waals surface area contributed by atoms with Crippen LogP contribution in [-0.4, -0.2) is 36.6 Å². The summed E-state index contributed by atoms with van der Waals surface area (Å²) in [6.45, 7) is 6.74. The Labute approximate surface area is 175 Å². The van der Waals surface area contributed by atoms with Crippen LogP contribution in [0.5, 0.6) is 0 Å². The molecular formula is C18H22N6O4S2. The monoisotopic (exact) mass is 450 g/mol. The Kier molecular flexibility index (Phi) is 5.56. The minimum atomic E-state index is -3.94. The number of hydrogen-bond acceptors (Lipinski definition) is 7. The van der Waals surface area contributed by atoms with Crippen molar-refractivity contribution in [3.63, 3.8) is 0 Å². The lowest BCUT2D eigenvalue weighted by molar-refractivity contribution is 0.599. The molecule has 160 valence electrons. The van der Waals surface area contributed by atoms with E-state index in [1.54, 1.807) is 40.8 Å². The molecule has 3 rings (SSSR count). The number of rotatable bonds is 6. The van der Waals surface area contributed by atoms with Crippen LogP contribution < -0.4 is 9.44 Å². The second-order valence-corrected chi connectivity index (χ2v) is 10.1. The van der Waals surface area contributed by atoms with Gasteiger partial charge in [0.2, 0.25) is 5.95 Å². The van der Waals surface area contributed by atoms with E-state index < -0.39 is 20.0 Å². The average molecular weight is 451 g/mol. The minimum Gasteiger partial charge on any atom is -0.280 e. The van der Waals surface area contributed by atoms with Gasteiger partial charge < -0.3 is 0 Å². The Bertz CT molecular complexity index is 1290. The Balaban J connectivity index is 1.83. The zero-order valence-electron chi connectivity index (χ0n) is 17.1. The number of nitrogens with one attached hydrogen (secondary N) is 2. The number of sulfonamides is 2. The summed E-state index contributed by atoms with van der Waals surface area (Å²) < 4.78 is 56.9. The molecule has 0 aliphatic rings. The molecule has 2 heterocycles. The molecule has 0 saturated carbocycles. The van der Waals surface area contributed by atoms with Crippen LogP contribution in [-0.2, 0) is 27.1 Å². The van der Waals surface area contributed by atoms with Crippen molar-refractivity contribution in [2.75, 3.05) is 9.44 Å². The smallest absolute Gasteiger partial charge is 0.265 e. The molecule has 2 aromatic heterocycles. The fraction of sp³-hybridized carbons (Fsp3) is 0.278. The molecule has 0 amide bonds. The predicted molar refractivity (Wildman–Crippen MR) is 112 cm³/mol. The summed E-state index contributed by atoms with van der Waals surface area (Å²) in [5, 5.41) is 4.12. The van der Waals surface area contributed by atoms with E-state index in [1.807, 2.05) is 0 Å². The van der Waals surface area contributed by atoms with Gasteiger partial charge in [0.15, 0.2) is 0 Å². The van der Waals surface area contributed by atoms with Gasteiger partial charge in [-0.3, -0.25) is 9.40 Å². The van der Waals surface area contributed by atoms with E-state index in [2.05, 4.69) is 24.5 Å².